The summed E-state index contributed by atoms with van der Waals surface area (Å²) in [6.07, 6.45) is 0.971. The number of rotatable bonds is 4. The highest BCUT2D eigenvalue weighted by molar-refractivity contribution is 7.14. The van der Waals surface area contributed by atoms with Gasteiger partial charge in [0.15, 0.2) is 0 Å². The highest BCUT2D eigenvalue weighted by Crippen LogP contribution is 2.65. The van der Waals surface area contributed by atoms with Crippen LogP contribution in [0.5, 0.6) is 0 Å². The van der Waals surface area contributed by atoms with E-state index < -0.39 is 5.41 Å². The summed E-state index contributed by atoms with van der Waals surface area (Å²) in [7, 11) is 0. The normalized spacial score (nSPS) is 15.6. The highest BCUT2D eigenvalue weighted by Gasteiger charge is 2.52. The molecule has 0 radical (unpaired) electrons. The minimum Gasteiger partial charge on any atom is -0.302 e. The Kier molecular flexibility index (Phi) is 5.88. The molecule has 3 aliphatic rings. The third-order valence-electron chi connectivity index (χ3n) is 11.2. The topological polar surface area (TPSA) is 3.24 Å². The predicted molar refractivity (Wildman–Crippen MR) is 209 cm³/mol. The van der Waals surface area contributed by atoms with Crippen molar-refractivity contribution in [2.45, 2.75) is 11.8 Å². The molecule has 0 amide bonds. The van der Waals surface area contributed by atoms with Crippen molar-refractivity contribution in [3.05, 3.63) is 209 Å². The third-order valence-corrected chi connectivity index (χ3v) is 12.1. The van der Waals surface area contributed by atoms with Crippen molar-refractivity contribution >= 4 is 27.7 Å². The fourth-order valence-electron chi connectivity index (χ4n) is 9.23. The van der Waals surface area contributed by atoms with Crippen LogP contribution in [0.2, 0.25) is 0 Å². The zero-order valence-electron chi connectivity index (χ0n) is 27.3. The molecule has 50 heavy (non-hydrogen) atoms. The van der Waals surface area contributed by atoms with Crippen LogP contribution in [0, 0.1) is 0 Å². The van der Waals surface area contributed by atoms with Crippen molar-refractivity contribution < 1.29 is 0 Å². The largest absolute Gasteiger partial charge is 0.302 e. The maximum atomic E-state index is 2.49. The maximum absolute atomic E-state index is 2.49. The summed E-state index contributed by atoms with van der Waals surface area (Å²) in [5.74, 6) is 0. The molecule has 1 aromatic heterocycles. The average Bonchev–Trinajstić information content (AvgIpc) is 3.96. The SMILES string of the molecule is c1ccc(-c2ccc(N(c3ccc4c(c3)C3(c5ccccc5-4)c4ccccc4-c4c3ccc3c4Cc4ccccc4-3)c3cccs3)cc2)cc1. The van der Waals surface area contributed by atoms with E-state index in [0.717, 1.165) is 12.1 Å². The standard InChI is InChI=1S/C48H31NS/c1-2-11-31(12-3-1)32-20-22-34(23-21-32)49(46-19-10-28-50-46)35-24-25-39-38-15-6-8-17-42(38)48(45(39)30-35)43-18-9-7-16-40(43)47-41-29-33-13-4-5-14-36(33)37(41)26-27-44(47)48/h1-28,30H,29H2. The zero-order chi connectivity index (χ0) is 32.8. The molecule has 7 aromatic carbocycles. The molecular weight excluding hydrogens is 623 g/mol. The van der Waals surface area contributed by atoms with Crippen molar-refractivity contribution in [1.82, 2.24) is 0 Å². The average molecular weight is 654 g/mol. The first-order valence-corrected chi connectivity index (χ1v) is 18.3. The van der Waals surface area contributed by atoms with Gasteiger partial charge in [0.1, 0.15) is 0 Å². The van der Waals surface area contributed by atoms with Gasteiger partial charge in [-0.15, -0.1) is 11.3 Å². The highest BCUT2D eigenvalue weighted by atomic mass is 32.1. The van der Waals surface area contributed by atoms with Crippen LogP contribution >= 0.6 is 11.3 Å². The van der Waals surface area contributed by atoms with E-state index in [-0.39, 0.29) is 0 Å². The molecule has 1 unspecified atom stereocenters. The zero-order valence-corrected chi connectivity index (χ0v) is 28.1. The number of fused-ring (bicyclic) bond motifs is 14. The lowest BCUT2D eigenvalue weighted by molar-refractivity contribution is 0.793. The molecule has 1 atom stereocenters. The van der Waals surface area contributed by atoms with Crippen LogP contribution in [-0.2, 0) is 11.8 Å². The van der Waals surface area contributed by atoms with E-state index in [2.05, 4.69) is 180 Å². The Morgan fingerprint density at radius 1 is 0.440 bits per heavy atom. The summed E-state index contributed by atoms with van der Waals surface area (Å²) >= 11 is 1.78. The molecule has 8 aromatic rings. The minimum atomic E-state index is -0.407. The Bertz CT molecular complexity index is 2620. The van der Waals surface area contributed by atoms with Gasteiger partial charge in [0.05, 0.1) is 10.4 Å². The molecule has 11 rings (SSSR count). The van der Waals surface area contributed by atoms with Crippen LogP contribution < -0.4 is 4.90 Å². The van der Waals surface area contributed by atoms with Gasteiger partial charge in [-0.2, -0.15) is 0 Å². The van der Waals surface area contributed by atoms with E-state index in [0.29, 0.717) is 0 Å². The molecule has 0 N–H and O–H groups in total. The van der Waals surface area contributed by atoms with Crippen molar-refractivity contribution in [3.63, 3.8) is 0 Å². The van der Waals surface area contributed by atoms with E-state index in [1.165, 1.54) is 88.6 Å². The van der Waals surface area contributed by atoms with Gasteiger partial charge in [-0.3, -0.25) is 0 Å². The van der Waals surface area contributed by atoms with Crippen molar-refractivity contribution in [2.24, 2.45) is 0 Å². The number of anilines is 3. The Balaban J connectivity index is 1.15. The number of hydrogen-bond donors (Lipinski definition) is 0. The van der Waals surface area contributed by atoms with Gasteiger partial charge in [-0.1, -0.05) is 133 Å². The van der Waals surface area contributed by atoms with Crippen LogP contribution in [0.4, 0.5) is 16.4 Å². The van der Waals surface area contributed by atoms with Crippen molar-refractivity contribution in [1.29, 1.82) is 0 Å². The van der Waals surface area contributed by atoms with Crippen LogP contribution in [0.15, 0.2) is 175 Å². The molecule has 0 bridgehead atoms. The Morgan fingerprint density at radius 3 is 1.88 bits per heavy atom. The van der Waals surface area contributed by atoms with Crippen LogP contribution in [0.3, 0.4) is 0 Å². The number of hydrogen-bond acceptors (Lipinski definition) is 2. The molecule has 0 saturated heterocycles. The van der Waals surface area contributed by atoms with Crippen molar-refractivity contribution in [2.75, 3.05) is 4.90 Å². The van der Waals surface area contributed by atoms with Gasteiger partial charge >= 0.3 is 0 Å². The first-order chi connectivity index (χ1) is 24.8. The monoisotopic (exact) mass is 653 g/mol. The van der Waals surface area contributed by atoms with E-state index in [1.807, 2.05) is 0 Å². The summed E-state index contributed by atoms with van der Waals surface area (Å²) in [6.45, 7) is 0. The lowest BCUT2D eigenvalue weighted by Crippen LogP contribution is -2.26. The Morgan fingerprint density at radius 2 is 1.08 bits per heavy atom. The fourth-order valence-corrected chi connectivity index (χ4v) is 10.00. The lowest BCUT2D eigenvalue weighted by Gasteiger charge is -2.32. The molecule has 0 saturated carbocycles. The van der Waals surface area contributed by atoms with Gasteiger partial charge in [0, 0.05) is 11.4 Å². The second kappa shape index (κ2) is 10.5. The molecule has 1 heterocycles. The summed E-state index contributed by atoms with van der Waals surface area (Å²) < 4.78 is 0. The first-order valence-electron chi connectivity index (χ1n) is 17.4. The molecular formula is C48H31NS. The Hall–Kier alpha value is -5.96. The summed E-state index contributed by atoms with van der Waals surface area (Å²) in [5.41, 5.74) is 21.0. The second-order valence-corrected chi connectivity index (χ2v) is 14.5. The van der Waals surface area contributed by atoms with Crippen LogP contribution in [-0.4, -0.2) is 0 Å². The Labute approximate surface area is 296 Å². The van der Waals surface area contributed by atoms with Crippen LogP contribution in [0.25, 0.3) is 44.5 Å². The molecule has 1 spiro atoms. The summed E-state index contributed by atoms with van der Waals surface area (Å²) in [6, 6.07) is 63.4. The molecule has 0 aliphatic heterocycles. The van der Waals surface area contributed by atoms with E-state index in [4.69, 9.17) is 0 Å². The van der Waals surface area contributed by atoms with E-state index >= 15 is 0 Å². The van der Waals surface area contributed by atoms with Gasteiger partial charge in [0.2, 0.25) is 0 Å². The van der Waals surface area contributed by atoms with E-state index in [9.17, 15) is 0 Å². The molecule has 2 heteroatoms. The minimum absolute atomic E-state index is 0.407. The smallest absolute Gasteiger partial charge is 0.0999 e. The quantitative estimate of drug-likeness (QED) is 0.183. The first kappa shape index (κ1) is 27.9. The van der Waals surface area contributed by atoms with Gasteiger partial charge in [-0.25, -0.2) is 0 Å². The van der Waals surface area contributed by atoms with Gasteiger partial charge < -0.3 is 4.90 Å². The molecule has 3 aliphatic carbocycles. The lowest BCUT2D eigenvalue weighted by atomic mass is 9.70. The molecule has 0 fully saturated rings. The van der Waals surface area contributed by atoms with Gasteiger partial charge in [-0.05, 0) is 126 Å². The number of nitrogens with zero attached hydrogens (tertiary/aromatic N) is 1. The van der Waals surface area contributed by atoms with Gasteiger partial charge in [0.25, 0.3) is 0 Å². The third kappa shape index (κ3) is 3.72. The molecule has 1 nitrogen and oxygen atoms in total. The predicted octanol–water partition coefficient (Wildman–Crippen LogP) is 12.8. The van der Waals surface area contributed by atoms with Crippen molar-refractivity contribution in [3.8, 4) is 44.5 Å². The second-order valence-electron chi connectivity index (χ2n) is 13.6. The fraction of sp³-hybridized carbons (Fsp3) is 0.0417. The summed E-state index contributed by atoms with van der Waals surface area (Å²) in [5, 5.41) is 3.37. The van der Waals surface area contributed by atoms with E-state index in [1.54, 1.807) is 11.3 Å². The number of benzene rings is 7. The maximum Gasteiger partial charge on any atom is 0.0999 e. The van der Waals surface area contributed by atoms with Crippen LogP contribution in [0.1, 0.15) is 33.4 Å². The molecule has 234 valence electrons. The summed E-state index contributed by atoms with van der Waals surface area (Å²) in [4.78, 5) is 2.43. The number of thiophene rings is 1.